The lowest BCUT2D eigenvalue weighted by molar-refractivity contribution is 0.559. The van der Waals surface area contributed by atoms with E-state index in [4.69, 9.17) is 5.84 Å². The van der Waals surface area contributed by atoms with E-state index in [-0.39, 0.29) is 6.04 Å². The SMILES string of the molecule is CCn1ccnc1C(NN)c1cc(I)ccc1Br. The number of imidazole rings is 1. The minimum Gasteiger partial charge on any atom is -0.334 e. The molecule has 6 heteroatoms. The fourth-order valence-electron chi connectivity index (χ4n) is 1.89. The predicted octanol–water partition coefficient (Wildman–Crippen LogP) is 2.82. The lowest BCUT2D eigenvalue weighted by atomic mass is 10.1. The van der Waals surface area contributed by atoms with Crippen molar-refractivity contribution in [3.8, 4) is 0 Å². The molecule has 3 N–H and O–H groups in total. The van der Waals surface area contributed by atoms with Gasteiger partial charge < -0.3 is 4.57 Å². The van der Waals surface area contributed by atoms with Crippen molar-refractivity contribution in [3.63, 3.8) is 0 Å². The summed E-state index contributed by atoms with van der Waals surface area (Å²) in [6.45, 7) is 2.96. The molecule has 18 heavy (non-hydrogen) atoms. The number of halogens is 2. The number of hydrogen-bond acceptors (Lipinski definition) is 3. The molecule has 2 aromatic rings. The molecular weight excluding hydrogens is 407 g/mol. The smallest absolute Gasteiger partial charge is 0.131 e. The number of hydrogen-bond donors (Lipinski definition) is 2. The second-order valence-electron chi connectivity index (χ2n) is 3.84. The van der Waals surface area contributed by atoms with E-state index in [9.17, 15) is 0 Å². The van der Waals surface area contributed by atoms with Gasteiger partial charge in [-0.25, -0.2) is 10.4 Å². The molecule has 1 heterocycles. The van der Waals surface area contributed by atoms with Crippen LogP contribution in [0.1, 0.15) is 24.4 Å². The molecule has 0 spiro atoms. The molecule has 0 bridgehead atoms. The zero-order valence-corrected chi connectivity index (χ0v) is 13.6. The fourth-order valence-corrected chi connectivity index (χ4v) is 2.88. The Kier molecular flexibility index (Phi) is 4.77. The largest absolute Gasteiger partial charge is 0.334 e. The van der Waals surface area contributed by atoms with Crippen molar-refractivity contribution < 1.29 is 0 Å². The van der Waals surface area contributed by atoms with Gasteiger partial charge in [0.2, 0.25) is 0 Å². The second kappa shape index (κ2) is 6.14. The number of rotatable bonds is 4. The van der Waals surface area contributed by atoms with Gasteiger partial charge in [-0.05, 0) is 53.3 Å². The van der Waals surface area contributed by atoms with Gasteiger partial charge in [0.25, 0.3) is 0 Å². The number of benzene rings is 1. The molecule has 1 unspecified atom stereocenters. The lowest BCUT2D eigenvalue weighted by Gasteiger charge is -2.18. The summed E-state index contributed by atoms with van der Waals surface area (Å²) in [5.74, 6) is 6.63. The lowest BCUT2D eigenvalue weighted by Crippen LogP contribution is -2.31. The Morgan fingerprint density at radius 3 is 3.00 bits per heavy atom. The van der Waals surface area contributed by atoms with Gasteiger partial charge in [0.1, 0.15) is 11.9 Å². The summed E-state index contributed by atoms with van der Waals surface area (Å²) in [6.07, 6.45) is 3.76. The zero-order valence-electron chi connectivity index (χ0n) is 9.90. The highest BCUT2D eigenvalue weighted by molar-refractivity contribution is 14.1. The van der Waals surface area contributed by atoms with Crippen LogP contribution in [0.5, 0.6) is 0 Å². The van der Waals surface area contributed by atoms with Crippen LogP contribution in [0, 0.1) is 3.57 Å². The summed E-state index contributed by atoms with van der Waals surface area (Å²) >= 11 is 5.86. The maximum absolute atomic E-state index is 5.71. The number of nitrogens with zero attached hydrogens (tertiary/aromatic N) is 2. The minimum atomic E-state index is -0.121. The number of aromatic nitrogens is 2. The molecule has 0 aliphatic rings. The molecular formula is C12H14BrIN4. The van der Waals surface area contributed by atoms with Gasteiger partial charge in [0.15, 0.2) is 0 Å². The van der Waals surface area contributed by atoms with Crippen LogP contribution in [0.15, 0.2) is 35.1 Å². The Morgan fingerprint density at radius 1 is 1.56 bits per heavy atom. The second-order valence-corrected chi connectivity index (χ2v) is 5.94. The van der Waals surface area contributed by atoms with Crippen LogP contribution in [0.25, 0.3) is 0 Å². The van der Waals surface area contributed by atoms with Gasteiger partial charge in [-0.3, -0.25) is 5.84 Å². The Bertz CT molecular complexity index is 541. The first kappa shape index (κ1) is 14.0. The quantitative estimate of drug-likeness (QED) is 0.454. The minimum absolute atomic E-state index is 0.121. The van der Waals surface area contributed by atoms with Crippen LogP contribution in [-0.4, -0.2) is 9.55 Å². The van der Waals surface area contributed by atoms with Crippen LogP contribution < -0.4 is 11.3 Å². The summed E-state index contributed by atoms with van der Waals surface area (Å²) < 4.78 is 4.27. The Labute approximate surface area is 128 Å². The first-order valence-electron chi connectivity index (χ1n) is 5.59. The number of nitrogens with one attached hydrogen (secondary N) is 1. The standard InChI is InChI=1S/C12H14BrIN4/c1-2-18-6-5-16-12(18)11(17-15)9-7-8(14)3-4-10(9)13/h3-7,11,17H,2,15H2,1H3. The average Bonchev–Trinajstić information content (AvgIpc) is 2.83. The molecule has 1 atom stereocenters. The van der Waals surface area contributed by atoms with Crippen LogP contribution in [-0.2, 0) is 6.54 Å². The number of aryl methyl sites for hydroxylation is 1. The molecule has 0 saturated heterocycles. The van der Waals surface area contributed by atoms with E-state index in [2.05, 4.69) is 66.5 Å². The maximum Gasteiger partial charge on any atom is 0.131 e. The summed E-state index contributed by atoms with van der Waals surface area (Å²) in [5, 5.41) is 0. The van der Waals surface area contributed by atoms with Gasteiger partial charge in [-0.2, -0.15) is 0 Å². The number of hydrazine groups is 1. The van der Waals surface area contributed by atoms with Crippen molar-refractivity contribution in [2.45, 2.75) is 19.5 Å². The molecule has 0 saturated carbocycles. The number of nitrogens with two attached hydrogens (primary N) is 1. The molecule has 2 rings (SSSR count). The van der Waals surface area contributed by atoms with E-state index in [1.807, 2.05) is 18.3 Å². The summed E-state index contributed by atoms with van der Waals surface area (Å²) in [4.78, 5) is 4.40. The molecule has 0 radical (unpaired) electrons. The van der Waals surface area contributed by atoms with E-state index >= 15 is 0 Å². The van der Waals surface area contributed by atoms with Crippen molar-refractivity contribution in [2.24, 2.45) is 5.84 Å². The maximum atomic E-state index is 5.71. The summed E-state index contributed by atoms with van der Waals surface area (Å²) in [6, 6.07) is 6.06. The fraction of sp³-hybridized carbons (Fsp3) is 0.250. The van der Waals surface area contributed by atoms with E-state index in [1.165, 1.54) is 3.57 Å². The van der Waals surface area contributed by atoms with Crippen molar-refractivity contribution in [3.05, 3.63) is 50.0 Å². The van der Waals surface area contributed by atoms with Crippen molar-refractivity contribution in [1.82, 2.24) is 15.0 Å². The van der Waals surface area contributed by atoms with Crippen LogP contribution in [0.4, 0.5) is 0 Å². The molecule has 1 aromatic heterocycles. The topological polar surface area (TPSA) is 55.9 Å². The van der Waals surface area contributed by atoms with Crippen LogP contribution >= 0.6 is 38.5 Å². The van der Waals surface area contributed by atoms with Crippen molar-refractivity contribution >= 4 is 38.5 Å². The van der Waals surface area contributed by atoms with E-state index in [0.29, 0.717) is 0 Å². The zero-order chi connectivity index (χ0) is 13.1. The molecule has 4 nitrogen and oxygen atoms in total. The van der Waals surface area contributed by atoms with Crippen LogP contribution in [0.3, 0.4) is 0 Å². The van der Waals surface area contributed by atoms with E-state index in [1.54, 1.807) is 6.20 Å². The molecule has 0 aliphatic heterocycles. The van der Waals surface area contributed by atoms with Crippen LogP contribution in [0.2, 0.25) is 0 Å². The molecule has 0 fully saturated rings. The van der Waals surface area contributed by atoms with Gasteiger partial charge in [-0.1, -0.05) is 15.9 Å². The summed E-state index contributed by atoms with van der Waals surface area (Å²) in [7, 11) is 0. The molecule has 96 valence electrons. The normalized spacial score (nSPS) is 12.7. The third-order valence-electron chi connectivity index (χ3n) is 2.78. The van der Waals surface area contributed by atoms with Crippen molar-refractivity contribution in [2.75, 3.05) is 0 Å². The van der Waals surface area contributed by atoms with E-state index < -0.39 is 0 Å². The first-order chi connectivity index (χ1) is 8.67. The predicted molar refractivity (Wildman–Crippen MR) is 83.9 cm³/mol. The highest BCUT2D eigenvalue weighted by Gasteiger charge is 2.19. The van der Waals surface area contributed by atoms with Gasteiger partial charge in [0.05, 0.1) is 0 Å². The van der Waals surface area contributed by atoms with Gasteiger partial charge in [-0.15, -0.1) is 0 Å². The Balaban J connectivity index is 2.48. The van der Waals surface area contributed by atoms with Gasteiger partial charge >= 0.3 is 0 Å². The monoisotopic (exact) mass is 420 g/mol. The first-order valence-corrected chi connectivity index (χ1v) is 7.46. The Hall–Kier alpha value is -0.440. The summed E-state index contributed by atoms with van der Waals surface area (Å²) in [5.41, 5.74) is 3.94. The van der Waals surface area contributed by atoms with E-state index in [0.717, 1.165) is 22.4 Å². The Morgan fingerprint density at radius 2 is 2.33 bits per heavy atom. The molecule has 1 aromatic carbocycles. The third-order valence-corrected chi connectivity index (χ3v) is 4.18. The highest BCUT2D eigenvalue weighted by Crippen LogP contribution is 2.28. The molecule has 0 aliphatic carbocycles. The highest BCUT2D eigenvalue weighted by atomic mass is 127. The van der Waals surface area contributed by atoms with Gasteiger partial charge in [0, 0.05) is 27.0 Å². The van der Waals surface area contributed by atoms with Crippen molar-refractivity contribution in [1.29, 1.82) is 0 Å². The third kappa shape index (κ3) is 2.76. The average molecular weight is 421 g/mol. The molecule has 0 amide bonds.